The van der Waals surface area contributed by atoms with E-state index in [0.29, 0.717) is 0 Å². The molecule has 2 nitrogen and oxygen atoms in total. The molecule has 0 aliphatic rings. The first kappa shape index (κ1) is 11.4. The fourth-order valence-electron chi connectivity index (χ4n) is 4.06. The van der Waals surface area contributed by atoms with Crippen molar-refractivity contribution in [3.8, 4) is 0 Å². The normalized spacial score (nSPS) is 12.3. The molecule has 0 saturated heterocycles. The predicted molar refractivity (Wildman–Crippen MR) is 96.4 cm³/mol. The Morgan fingerprint density at radius 3 is 2.52 bits per heavy atom. The highest BCUT2D eigenvalue weighted by atomic mass is 14.9. The number of fused-ring (bicyclic) bond motifs is 6. The van der Waals surface area contributed by atoms with Crippen molar-refractivity contribution in [3.63, 3.8) is 0 Å². The van der Waals surface area contributed by atoms with Crippen LogP contribution in [0.15, 0.2) is 72.9 Å². The van der Waals surface area contributed by atoms with Gasteiger partial charge in [-0.1, -0.05) is 48.5 Å². The van der Waals surface area contributed by atoms with Crippen LogP contribution in [0.25, 0.3) is 49.0 Å². The molecule has 0 N–H and O–H groups in total. The van der Waals surface area contributed by atoms with E-state index < -0.39 is 0 Å². The lowest BCUT2D eigenvalue weighted by Gasteiger charge is -2.11. The van der Waals surface area contributed by atoms with Gasteiger partial charge in [0.2, 0.25) is 0 Å². The second-order valence-electron chi connectivity index (χ2n) is 6.09. The van der Waals surface area contributed by atoms with Crippen LogP contribution in [0.2, 0.25) is 0 Å². The predicted octanol–water partition coefficient (Wildman–Crippen LogP) is 5.38. The number of para-hydroxylation sites is 1. The van der Waals surface area contributed by atoms with E-state index in [-0.39, 0.29) is 0 Å². The van der Waals surface area contributed by atoms with Crippen LogP contribution >= 0.6 is 0 Å². The summed E-state index contributed by atoms with van der Waals surface area (Å²) in [4.78, 5) is 4.70. The lowest BCUT2D eigenvalue weighted by atomic mass is 10.0. The Hall–Kier alpha value is -3.13. The number of hydrogen-bond donors (Lipinski definition) is 0. The maximum absolute atomic E-state index is 4.70. The SMILES string of the molecule is c1cc2ccc3c4ccccc4n4c5cccnc5c(c1)c2c34. The van der Waals surface area contributed by atoms with Crippen LogP contribution in [0.4, 0.5) is 0 Å². The van der Waals surface area contributed by atoms with Crippen molar-refractivity contribution in [2.75, 3.05) is 0 Å². The highest BCUT2D eigenvalue weighted by Crippen LogP contribution is 2.40. The zero-order valence-corrected chi connectivity index (χ0v) is 12.3. The second-order valence-corrected chi connectivity index (χ2v) is 6.09. The number of hydrogen-bond acceptors (Lipinski definition) is 1. The Labute approximate surface area is 131 Å². The van der Waals surface area contributed by atoms with Gasteiger partial charge in [-0.05, 0) is 23.6 Å². The van der Waals surface area contributed by atoms with Crippen molar-refractivity contribution < 1.29 is 0 Å². The molecule has 0 aliphatic heterocycles. The summed E-state index contributed by atoms with van der Waals surface area (Å²) in [5, 5.41) is 6.44. The Bertz CT molecular complexity index is 1340. The number of nitrogens with zero attached hydrogens (tertiary/aromatic N) is 2. The van der Waals surface area contributed by atoms with Gasteiger partial charge < -0.3 is 4.40 Å². The van der Waals surface area contributed by atoms with Crippen molar-refractivity contribution in [1.82, 2.24) is 9.38 Å². The smallest absolute Gasteiger partial charge is 0.0949 e. The van der Waals surface area contributed by atoms with E-state index in [1.54, 1.807) is 0 Å². The molecule has 3 heterocycles. The topological polar surface area (TPSA) is 17.3 Å². The minimum absolute atomic E-state index is 1.07. The van der Waals surface area contributed by atoms with Gasteiger partial charge in [0.1, 0.15) is 0 Å². The molecule has 0 spiro atoms. The lowest BCUT2D eigenvalue weighted by molar-refractivity contribution is 1.31. The van der Waals surface area contributed by atoms with E-state index in [4.69, 9.17) is 4.98 Å². The monoisotopic (exact) mass is 292 g/mol. The molecule has 0 saturated carbocycles. The van der Waals surface area contributed by atoms with Crippen molar-refractivity contribution >= 4 is 49.0 Å². The molecule has 0 atom stereocenters. The maximum atomic E-state index is 4.70. The minimum Gasteiger partial charge on any atom is -0.306 e. The van der Waals surface area contributed by atoms with Gasteiger partial charge in [0.25, 0.3) is 0 Å². The highest BCUT2D eigenvalue weighted by Gasteiger charge is 2.17. The van der Waals surface area contributed by atoms with Crippen LogP contribution in [0.3, 0.4) is 0 Å². The summed E-state index contributed by atoms with van der Waals surface area (Å²) in [6.45, 7) is 0. The molecule has 23 heavy (non-hydrogen) atoms. The molecule has 6 rings (SSSR count). The molecular formula is C21H12N2. The van der Waals surface area contributed by atoms with Gasteiger partial charge in [-0.2, -0.15) is 0 Å². The second kappa shape index (κ2) is 3.79. The molecular weight excluding hydrogens is 280 g/mol. The third-order valence-electron chi connectivity index (χ3n) is 4.96. The van der Waals surface area contributed by atoms with Gasteiger partial charge in [0.15, 0.2) is 0 Å². The average molecular weight is 292 g/mol. The van der Waals surface area contributed by atoms with Crippen LogP contribution in [0.1, 0.15) is 0 Å². The van der Waals surface area contributed by atoms with Crippen LogP contribution in [0, 0.1) is 0 Å². The number of benzene rings is 3. The van der Waals surface area contributed by atoms with Gasteiger partial charge in [-0.15, -0.1) is 0 Å². The highest BCUT2D eigenvalue weighted by molar-refractivity contribution is 6.27. The molecule has 2 heteroatoms. The first-order chi connectivity index (χ1) is 11.4. The Morgan fingerprint density at radius 1 is 0.652 bits per heavy atom. The third-order valence-corrected chi connectivity index (χ3v) is 4.96. The van der Waals surface area contributed by atoms with E-state index >= 15 is 0 Å². The largest absolute Gasteiger partial charge is 0.306 e. The molecule has 3 aromatic carbocycles. The van der Waals surface area contributed by atoms with Crippen molar-refractivity contribution in [2.45, 2.75) is 0 Å². The summed E-state index contributed by atoms with van der Waals surface area (Å²) >= 11 is 0. The first-order valence-electron chi connectivity index (χ1n) is 7.84. The summed E-state index contributed by atoms with van der Waals surface area (Å²) in [5.74, 6) is 0. The standard InChI is InChI=1S/C21H12N2/c1-2-8-17-14(6-1)15-11-10-13-5-3-7-16-19(13)21(15)23(17)18-9-4-12-22-20(16)18/h1-12H. The van der Waals surface area contributed by atoms with E-state index in [1.807, 2.05) is 12.3 Å². The third kappa shape index (κ3) is 1.24. The van der Waals surface area contributed by atoms with E-state index in [2.05, 4.69) is 65.1 Å². The molecule has 0 aliphatic carbocycles. The van der Waals surface area contributed by atoms with Crippen LogP contribution in [-0.4, -0.2) is 9.38 Å². The number of pyridine rings is 2. The fourth-order valence-corrected chi connectivity index (χ4v) is 4.06. The number of rotatable bonds is 0. The zero-order valence-electron chi connectivity index (χ0n) is 12.3. The molecule has 0 amide bonds. The van der Waals surface area contributed by atoms with E-state index in [1.165, 1.54) is 43.5 Å². The summed E-state index contributed by atoms with van der Waals surface area (Å²) < 4.78 is 2.38. The van der Waals surface area contributed by atoms with Crippen LogP contribution in [-0.2, 0) is 0 Å². The number of aromatic nitrogens is 2. The van der Waals surface area contributed by atoms with Crippen molar-refractivity contribution in [2.24, 2.45) is 0 Å². The molecule has 0 radical (unpaired) electrons. The van der Waals surface area contributed by atoms with Crippen LogP contribution < -0.4 is 0 Å². The summed E-state index contributed by atoms with van der Waals surface area (Å²) in [5.41, 5.74) is 4.79. The Balaban J connectivity index is 2.18. The van der Waals surface area contributed by atoms with Gasteiger partial charge in [-0.3, -0.25) is 4.98 Å². The Morgan fingerprint density at radius 2 is 1.52 bits per heavy atom. The maximum Gasteiger partial charge on any atom is 0.0949 e. The van der Waals surface area contributed by atoms with Crippen molar-refractivity contribution in [1.29, 1.82) is 0 Å². The summed E-state index contributed by atoms with van der Waals surface area (Å²) in [6, 6.07) is 23.8. The van der Waals surface area contributed by atoms with Gasteiger partial charge >= 0.3 is 0 Å². The molecule has 0 bridgehead atoms. The van der Waals surface area contributed by atoms with Gasteiger partial charge in [-0.25, -0.2) is 0 Å². The quantitative estimate of drug-likeness (QED) is 0.271. The van der Waals surface area contributed by atoms with E-state index in [0.717, 1.165) is 5.52 Å². The Kier molecular flexibility index (Phi) is 1.89. The van der Waals surface area contributed by atoms with Crippen molar-refractivity contribution in [3.05, 3.63) is 72.9 Å². The fraction of sp³-hybridized carbons (Fsp3) is 0. The molecule has 6 aromatic rings. The van der Waals surface area contributed by atoms with E-state index in [9.17, 15) is 0 Å². The van der Waals surface area contributed by atoms with Crippen LogP contribution in [0.5, 0.6) is 0 Å². The van der Waals surface area contributed by atoms with Gasteiger partial charge in [0, 0.05) is 27.7 Å². The minimum atomic E-state index is 1.07. The summed E-state index contributed by atoms with van der Waals surface area (Å²) in [6.07, 6.45) is 1.88. The molecule has 0 fully saturated rings. The molecule has 106 valence electrons. The van der Waals surface area contributed by atoms with Gasteiger partial charge in [0.05, 0.1) is 22.1 Å². The first-order valence-corrected chi connectivity index (χ1v) is 7.84. The molecule has 3 aromatic heterocycles. The zero-order chi connectivity index (χ0) is 15.0. The molecule has 0 unspecified atom stereocenters. The average Bonchev–Trinajstić information content (AvgIpc) is 2.96. The lowest BCUT2D eigenvalue weighted by Crippen LogP contribution is -1.93. The summed E-state index contributed by atoms with van der Waals surface area (Å²) in [7, 11) is 0.